The van der Waals surface area contributed by atoms with Crippen molar-refractivity contribution in [1.82, 2.24) is 20.2 Å². The summed E-state index contributed by atoms with van der Waals surface area (Å²) in [6.45, 7) is 9.64. The Bertz CT molecular complexity index is 1110. The molecule has 38 heavy (non-hydrogen) atoms. The molecule has 2 aliphatic rings. The molecule has 0 spiro atoms. The Kier molecular flexibility index (Phi) is 9.24. The van der Waals surface area contributed by atoms with E-state index in [9.17, 15) is 9.90 Å². The Labute approximate surface area is 224 Å². The first kappa shape index (κ1) is 27.9. The number of hydrogen-bond acceptors (Lipinski definition) is 10. The second kappa shape index (κ2) is 12.6. The molecule has 1 aromatic heterocycles. The monoisotopic (exact) mass is 528 g/mol. The molecule has 4 rings (SSSR count). The van der Waals surface area contributed by atoms with Crippen LogP contribution >= 0.6 is 0 Å². The summed E-state index contributed by atoms with van der Waals surface area (Å²) in [5, 5.41) is 16.6. The van der Waals surface area contributed by atoms with Crippen LogP contribution in [0.4, 0.5) is 11.6 Å². The van der Waals surface area contributed by atoms with Crippen molar-refractivity contribution in [3.63, 3.8) is 0 Å². The van der Waals surface area contributed by atoms with Crippen molar-refractivity contribution in [2.75, 3.05) is 70.4 Å². The molecule has 1 aromatic carbocycles. The molecule has 0 saturated carbocycles. The highest BCUT2D eigenvalue weighted by Gasteiger charge is 2.29. The van der Waals surface area contributed by atoms with Gasteiger partial charge in [-0.2, -0.15) is 0 Å². The maximum Gasteiger partial charge on any atom is 0.219 e. The molecule has 0 bridgehead atoms. The van der Waals surface area contributed by atoms with Crippen LogP contribution in [-0.4, -0.2) is 104 Å². The SMILES string of the molecule is CNCC(O)COc1cc(OC)cc(-c2nc(NC3CCOC3)c(C)c(N3CCN(C(C)=O)C(C)C3)n2)c1. The maximum absolute atomic E-state index is 12.0. The first-order valence-corrected chi connectivity index (χ1v) is 13.2. The number of aliphatic hydroxyl groups excluding tert-OH is 1. The number of likely N-dealkylation sites (N-methyl/N-ethyl adjacent to an activating group) is 1. The number of anilines is 2. The summed E-state index contributed by atoms with van der Waals surface area (Å²) >= 11 is 0. The van der Waals surface area contributed by atoms with Crippen molar-refractivity contribution in [1.29, 1.82) is 0 Å². The third-order valence-electron chi connectivity index (χ3n) is 6.98. The number of methoxy groups -OCH3 is 1. The number of nitrogens with zero attached hydrogens (tertiary/aromatic N) is 4. The molecule has 2 fully saturated rings. The summed E-state index contributed by atoms with van der Waals surface area (Å²) in [5.74, 6) is 3.38. The Morgan fingerprint density at radius 2 is 2.05 bits per heavy atom. The molecule has 3 N–H and O–H groups in total. The fourth-order valence-corrected chi connectivity index (χ4v) is 4.93. The number of aromatic nitrogens is 2. The van der Waals surface area contributed by atoms with Crippen molar-refractivity contribution in [2.24, 2.45) is 0 Å². The van der Waals surface area contributed by atoms with E-state index in [1.165, 1.54) is 0 Å². The Morgan fingerprint density at radius 1 is 1.26 bits per heavy atom. The Morgan fingerprint density at radius 3 is 2.71 bits per heavy atom. The Hall–Kier alpha value is -3.15. The van der Waals surface area contributed by atoms with Gasteiger partial charge in [0.15, 0.2) is 5.82 Å². The molecule has 0 radical (unpaired) electrons. The summed E-state index contributed by atoms with van der Waals surface area (Å²) in [6, 6.07) is 5.77. The highest BCUT2D eigenvalue weighted by molar-refractivity contribution is 5.74. The molecule has 11 heteroatoms. The number of aliphatic hydroxyl groups is 1. The van der Waals surface area contributed by atoms with Gasteiger partial charge in [0.1, 0.15) is 35.8 Å². The lowest BCUT2D eigenvalue weighted by Crippen LogP contribution is -2.54. The first-order valence-electron chi connectivity index (χ1n) is 13.2. The van der Waals surface area contributed by atoms with E-state index in [0.29, 0.717) is 50.1 Å². The minimum absolute atomic E-state index is 0.0690. The van der Waals surface area contributed by atoms with E-state index in [1.807, 2.05) is 24.0 Å². The van der Waals surface area contributed by atoms with E-state index >= 15 is 0 Å². The fraction of sp³-hybridized carbons (Fsp3) is 0.593. The first-order chi connectivity index (χ1) is 18.3. The summed E-state index contributed by atoms with van der Waals surface area (Å²) in [4.78, 5) is 26.1. The van der Waals surface area contributed by atoms with Crippen LogP contribution in [-0.2, 0) is 9.53 Å². The molecular formula is C27H40N6O5. The summed E-state index contributed by atoms with van der Waals surface area (Å²) in [7, 11) is 3.38. The summed E-state index contributed by atoms with van der Waals surface area (Å²) < 4.78 is 17.0. The van der Waals surface area contributed by atoms with Gasteiger partial charge in [0, 0.05) is 62.9 Å². The molecule has 208 valence electrons. The summed E-state index contributed by atoms with van der Waals surface area (Å²) in [5.41, 5.74) is 1.70. The van der Waals surface area contributed by atoms with Gasteiger partial charge in [0.2, 0.25) is 5.91 Å². The second-order valence-corrected chi connectivity index (χ2v) is 9.98. The fourth-order valence-electron chi connectivity index (χ4n) is 4.93. The second-order valence-electron chi connectivity index (χ2n) is 9.98. The molecule has 1 amide bonds. The van der Waals surface area contributed by atoms with Gasteiger partial charge in [-0.1, -0.05) is 0 Å². The molecule has 3 unspecified atom stereocenters. The third kappa shape index (κ3) is 6.64. The quantitative estimate of drug-likeness (QED) is 0.420. The topological polar surface area (TPSA) is 121 Å². The lowest BCUT2D eigenvalue weighted by molar-refractivity contribution is -0.131. The molecular weight excluding hydrogens is 488 g/mol. The molecule has 2 aliphatic heterocycles. The van der Waals surface area contributed by atoms with Gasteiger partial charge in [-0.15, -0.1) is 0 Å². The van der Waals surface area contributed by atoms with E-state index in [4.69, 9.17) is 24.2 Å². The van der Waals surface area contributed by atoms with Gasteiger partial charge in [-0.05, 0) is 39.4 Å². The van der Waals surface area contributed by atoms with Crippen LogP contribution in [0.1, 0.15) is 25.8 Å². The molecule has 3 atom stereocenters. The number of hydrogen-bond donors (Lipinski definition) is 3. The molecule has 11 nitrogen and oxygen atoms in total. The third-order valence-corrected chi connectivity index (χ3v) is 6.98. The van der Waals surface area contributed by atoms with Crippen LogP contribution in [0, 0.1) is 6.92 Å². The average Bonchev–Trinajstić information content (AvgIpc) is 3.41. The van der Waals surface area contributed by atoms with Crippen molar-refractivity contribution in [3.05, 3.63) is 23.8 Å². The number of carbonyl (C=O) groups excluding carboxylic acids is 1. The van der Waals surface area contributed by atoms with Crippen LogP contribution in [0.2, 0.25) is 0 Å². The van der Waals surface area contributed by atoms with Crippen molar-refractivity contribution < 1.29 is 24.1 Å². The van der Waals surface area contributed by atoms with E-state index in [2.05, 4.69) is 22.5 Å². The van der Waals surface area contributed by atoms with Crippen molar-refractivity contribution in [2.45, 2.75) is 45.4 Å². The smallest absolute Gasteiger partial charge is 0.219 e. The lowest BCUT2D eigenvalue weighted by atomic mass is 10.1. The largest absolute Gasteiger partial charge is 0.497 e. The molecule has 2 saturated heterocycles. The van der Waals surface area contributed by atoms with Gasteiger partial charge >= 0.3 is 0 Å². The highest BCUT2D eigenvalue weighted by atomic mass is 16.5. The predicted octanol–water partition coefficient (Wildman–Crippen LogP) is 1.68. The minimum Gasteiger partial charge on any atom is -0.497 e. The van der Waals surface area contributed by atoms with E-state index in [-0.39, 0.29) is 24.6 Å². The number of nitrogens with one attached hydrogen (secondary N) is 2. The van der Waals surface area contributed by atoms with E-state index in [0.717, 1.165) is 35.8 Å². The standard InChI is InChI=1S/C27H40N6O5/c1-17-14-32(7-8-33(17)19(3)34)27-18(2)25(29-21-6-9-37-15-21)30-26(31-27)20-10-23(36-5)12-24(11-20)38-16-22(35)13-28-4/h10-12,17,21-22,28,35H,6-9,13-16H2,1-5H3,(H,29,30,31). The van der Waals surface area contributed by atoms with Gasteiger partial charge in [0.05, 0.1) is 19.8 Å². The minimum atomic E-state index is -0.642. The van der Waals surface area contributed by atoms with Crippen LogP contribution < -0.4 is 25.0 Å². The van der Waals surface area contributed by atoms with Gasteiger partial charge in [-0.25, -0.2) is 9.97 Å². The number of carbonyl (C=O) groups is 1. The van der Waals surface area contributed by atoms with Crippen molar-refractivity contribution in [3.8, 4) is 22.9 Å². The zero-order valence-corrected chi connectivity index (χ0v) is 23.0. The number of rotatable bonds is 10. The molecule has 2 aromatic rings. The van der Waals surface area contributed by atoms with Crippen LogP contribution in [0.15, 0.2) is 18.2 Å². The van der Waals surface area contributed by atoms with E-state index < -0.39 is 6.10 Å². The normalized spacial score (nSPS) is 20.4. The number of piperazine rings is 1. The lowest BCUT2D eigenvalue weighted by Gasteiger charge is -2.40. The number of benzene rings is 1. The molecule has 3 heterocycles. The zero-order chi connectivity index (χ0) is 27.2. The van der Waals surface area contributed by atoms with Gasteiger partial charge < -0.3 is 39.8 Å². The maximum atomic E-state index is 12.0. The van der Waals surface area contributed by atoms with Crippen molar-refractivity contribution >= 4 is 17.5 Å². The number of amides is 1. The summed E-state index contributed by atoms with van der Waals surface area (Å²) in [6.07, 6.45) is 0.270. The predicted molar refractivity (Wildman–Crippen MR) is 146 cm³/mol. The van der Waals surface area contributed by atoms with E-state index in [1.54, 1.807) is 27.1 Å². The zero-order valence-electron chi connectivity index (χ0n) is 23.0. The highest BCUT2D eigenvalue weighted by Crippen LogP contribution is 2.33. The average molecular weight is 529 g/mol. The van der Waals surface area contributed by atoms with Crippen LogP contribution in [0.5, 0.6) is 11.5 Å². The van der Waals surface area contributed by atoms with Crippen LogP contribution in [0.25, 0.3) is 11.4 Å². The Balaban J connectivity index is 1.70. The van der Waals surface area contributed by atoms with Gasteiger partial charge in [0.25, 0.3) is 0 Å². The van der Waals surface area contributed by atoms with Gasteiger partial charge in [-0.3, -0.25) is 4.79 Å². The number of ether oxygens (including phenoxy) is 3. The molecule has 0 aliphatic carbocycles. The van der Waals surface area contributed by atoms with Crippen LogP contribution in [0.3, 0.4) is 0 Å².